The summed E-state index contributed by atoms with van der Waals surface area (Å²) in [7, 11) is 1.54. The first-order valence-corrected chi connectivity index (χ1v) is 8.61. The molecule has 2 aromatic carbocycles. The standard InChI is InChI=1S/C20H22N2O4/c1-26-18-10-5-3-8-16(18)20(25)22-12-6-11-21(13-14-22)19(24)15-7-2-4-9-17(15)23/h2-5,7-10,23H,6,11-14H2,1H3. The molecule has 0 bridgehead atoms. The fourth-order valence-corrected chi connectivity index (χ4v) is 3.14. The number of carbonyl (C=O) groups excluding carboxylic acids is 2. The molecule has 1 saturated heterocycles. The largest absolute Gasteiger partial charge is 0.507 e. The van der Waals surface area contributed by atoms with Crippen LogP contribution in [0.3, 0.4) is 0 Å². The first-order chi connectivity index (χ1) is 12.6. The predicted octanol–water partition coefficient (Wildman–Crippen LogP) is 2.39. The minimum absolute atomic E-state index is 0.0244. The Morgan fingerprint density at radius 3 is 2.00 bits per heavy atom. The molecule has 6 nitrogen and oxygen atoms in total. The number of ether oxygens (including phenoxy) is 1. The van der Waals surface area contributed by atoms with Crippen molar-refractivity contribution in [2.75, 3.05) is 33.3 Å². The summed E-state index contributed by atoms with van der Waals surface area (Å²) in [5.74, 6) is 0.210. The third-order valence-corrected chi connectivity index (χ3v) is 4.54. The Labute approximate surface area is 152 Å². The number of nitrogens with zero attached hydrogens (tertiary/aromatic N) is 2. The van der Waals surface area contributed by atoms with E-state index in [1.165, 1.54) is 6.07 Å². The molecule has 1 N–H and O–H groups in total. The first kappa shape index (κ1) is 17.8. The van der Waals surface area contributed by atoms with Crippen molar-refractivity contribution in [1.82, 2.24) is 9.80 Å². The summed E-state index contributed by atoms with van der Waals surface area (Å²) in [5, 5.41) is 9.90. The van der Waals surface area contributed by atoms with E-state index in [-0.39, 0.29) is 23.1 Å². The monoisotopic (exact) mass is 354 g/mol. The topological polar surface area (TPSA) is 70.1 Å². The van der Waals surface area contributed by atoms with Crippen molar-refractivity contribution in [3.63, 3.8) is 0 Å². The Kier molecular flexibility index (Phi) is 5.41. The molecule has 0 aliphatic carbocycles. The van der Waals surface area contributed by atoms with Crippen LogP contribution in [0.15, 0.2) is 48.5 Å². The second-order valence-electron chi connectivity index (χ2n) is 6.16. The zero-order valence-corrected chi connectivity index (χ0v) is 14.7. The van der Waals surface area contributed by atoms with E-state index in [2.05, 4.69) is 0 Å². The van der Waals surface area contributed by atoms with Crippen LogP contribution in [0, 0.1) is 0 Å². The fraction of sp³-hybridized carbons (Fsp3) is 0.300. The third-order valence-electron chi connectivity index (χ3n) is 4.54. The summed E-state index contributed by atoms with van der Waals surface area (Å²) < 4.78 is 5.28. The van der Waals surface area contributed by atoms with Gasteiger partial charge in [-0.1, -0.05) is 24.3 Å². The van der Waals surface area contributed by atoms with Gasteiger partial charge in [-0.15, -0.1) is 0 Å². The van der Waals surface area contributed by atoms with Gasteiger partial charge in [0.05, 0.1) is 18.2 Å². The van der Waals surface area contributed by atoms with E-state index < -0.39 is 0 Å². The Balaban J connectivity index is 1.71. The fourth-order valence-electron chi connectivity index (χ4n) is 3.14. The lowest BCUT2D eigenvalue weighted by Gasteiger charge is -2.23. The number of amides is 2. The van der Waals surface area contributed by atoms with E-state index >= 15 is 0 Å². The number of aromatic hydroxyl groups is 1. The summed E-state index contributed by atoms with van der Waals surface area (Å²) in [5.41, 5.74) is 0.812. The molecule has 1 heterocycles. The average molecular weight is 354 g/mol. The molecule has 136 valence electrons. The van der Waals surface area contributed by atoms with Crippen LogP contribution in [-0.2, 0) is 0 Å². The van der Waals surface area contributed by atoms with E-state index in [1.807, 2.05) is 12.1 Å². The van der Waals surface area contributed by atoms with Crippen LogP contribution in [0.5, 0.6) is 11.5 Å². The van der Waals surface area contributed by atoms with Gasteiger partial charge in [0.1, 0.15) is 11.5 Å². The molecule has 2 amide bonds. The number of para-hydroxylation sites is 2. The van der Waals surface area contributed by atoms with Gasteiger partial charge in [-0.05, 0) is 30.7 Å². The Morgan fingerprint density at radius 1 is 0.846 bits per heavy atom. The molecular formula is C20H22N2O4. The predicted molar refractivity (Wildman–Crippen MR) is 97.5 cm³/mol. The normalized spacial score (nSPS) is 14.7. The molecule has 0 unspecified atom stereocenters. The summed E-state index contributed by atoms with van der Waals surface area (Å²) in [4.78, 5) is 28.9. The maximum absolute atomic E-state index is 12.8. The van der Waals surface area contributed by atoms with Gasteiger partial charge in [0.15, 0.2) is 0 Å². The average Bonchev–Trinajstić information content (AvgIpc) is 2.93. The molecule has 6 heteroatoms. The molecule has 2 aromatic rings. The highest BCUT2D eigenvalue weighted by molar-refractivity contribution is 5.98. The van der Waals surface area contributed by atoms with Crippen molar-refractivity contribution in [2.45, 2.75) is 6.42 Å². The van der Waals surface area contributed by atoms with Crippen LogP contribution in [0.1, 0.15) is 27.1 Å². The number of rotatable bonds is 3. The third kappa shape index (κ3) is 3.64. The number of hydrogen-bond donors (Lipinski definition) is 1. The van der Waals surface area contributed by atoms with Gasteiger partial charge in [-0.3, -0.25) is 9.59 Å². The van der Waals surface area contributed by atoms with E-state index in [0.29, 0.717) is 43.9 Å². The minimum Gasteiger partial charge on any atom is -0.507 e. The van der Waals surface area contributed by atoms with Crippen LogP contribution in [-0.4, -0.2) is 60.0 Å². The van der Waals surface area contributed by atoms with E-state index in [9.17, 15) is 14.7 Å². The van der Waals surface area contributed by atoms with Crippen LogP contribution < -0.4 is 4.74 Å². The molecule has 1 aliphatic rings. The highest BCUT2D eigenvalue weighted by Crippen LogP contribution is 2.22. The summed E-state index contributed by atoms with van der Waals surface area (Å²) in [6.45, 7) is 1.98. The number of carbonyl (C=O) groups is 2. The lowest BCUT2D eigenvalue weighted by Crippen LogP contribution is -2.37. The van der Waals surface area contributed by atoms with Gasteiger partial charge in [0, 0.05) is 26.2 Å². The molecule has 3 rings (SSSR count). The van der Waals surface area contributed by atoms with Gasteiger partial charge < -0.3 is 19.6 Å². The van der Waals surface area contributed by atoms with Gasteiger partial charge in [-0.25, -0.2) is 0 Å². The Hall–Kier alpha value is -3.02. The second-order valence-corrected chi connectivity index (χ2v) is 6.16. The number of phenols is 1. The van der Waals surface area contributed by atoms with Crippen molar-refractivity contribution >= 4 is 11.8 Å². The van der Waals surface area contributed by atoms with Gasteiger partial charge >= 0.3 is 0 Å². The van der Waals surface area contributed by atoms with Gasteiger partial charge in [0.2, 0.25) is 0 Å². The van der Waals surface area contributed by atoms with Crippen molar-refractivity contribution in [3.05, 3.63) is 59.7 Å². The molecule has 0 radical (unpaired) electrons. The van der Waals surface area contributed by atoms with Gasteiger partial charge in [-0.2, -0.15) is 0 Å². The van der Waals surface area contributed by atoms with Crippen LogP contribution in [0.2, 0.25) is 0 Å². The summed E-state index contributed by atoms with van der Waals surface area (Å²) >= 11 is 0. The second kappa shape index (κ2) is 7.91. The zero-order chi connectivity index (χ0) is 18.5. The maximum Gasteiger partial charge on any atom is 0.257 e. The van der Waals surface area contributed by atoms with Crippen LogP contribution >= 0.6 is 0 Å². The highest BCUT2D eigenvalue weighted by Gasteiger charge is 2.25. The molecular weight excluding hydrogens is 332 g/mol. The zero-order valence-electron chi connectivity index (χ0n) is 14.7. The number of methoxy groups -OCH3 is 1. The molecule has 1 fully saturated rings. The van der Waals surface area contributed by atoms with E-state index in [0.717, 1.165) is 0 Å². The summed E-state index contributed by atoms with van der Waals surface area (Å²) in [6.07, 6.45) is 0.681. The molecule has 26 heavy (non-hydrogen) atoms. The van der Waals surface area contributed by atoms with E-state index in [4.69, 9.17) is 4.74 Å². The molecule has 0 atom stereocenters. The highest BCUT2D eigenvalue weighted by atomic mass is 16.5. The van der Waals surface area contributed by atoms with Crippen molar-refractivity contribution in [1.29, 1.82) is 0 Å². The van der Waals surface area contributed by atoms with E-state index in [1.54, 1.807) is 47.2 Å². The van der Waals surface area contributed by atoms with Crippen molar-refractivity contribution < 1.29 is 19.4 Å². The lowest BCUT2D eigenvalue weighted by molar-refractivity contribution is 0.0715. The van der Waals surface area contributed by atoms with Crippen molar-refractivity contribution in [3.8, 4) is 11.5 Å². The number of phenolic OH excluding ortho intramolecular Hbond substituents is 1. The number of hydrogen-bond acceptors (Lipinski definition) is 4. The lowest BCUT2D eigenvalue weighted by atomic mass is 10.1. The molecule has 1 aliphatic heterocycles. The smallest absolute Gasteiger partial charge is 0.257 e. The Bertz CT molecular complexity index is 806. The molecule has 0 spiro atoms. The van der Waals surface area contributed by atoms with Gasteiger partial charge in [0.25, 0.3) is 11.8 Å². The Morgan fingerprint density at radius 2 is 1.38 bits per heavy atom. The van der Waals surface area contributed by atoms with Crippen molar-refractivity contribution in [2.24, 2.45) is 0 Å². The number of benzene rings is 2. The maximum atomic E-state index is 12.8. The minimum atomic E-state index is -0.213. The SMILES string of the molecule is COc1ccccc1C(=O)N1CCCN(C(=O)c2ccccc2O)CC1. The molecule has 0 saturated carbocycles. The van der Waals surface area contributed by atoms with Crippen LogP contribution in [0.4, 0.5) is 0 Å². The van der Waals surface area contributed by atoms with Crippen LogP contribution in [0.25, 0.3) is 0 Å². The summed E-state index contributed by atoms with van der Waals surface area (Å²) in [6, 6.07) is 13.7. The molecule has 0 aromatic heterocycles. The first-order valence-electron chi connectivity index (χ1n) is 8.61. The quantitative estimate of drug-likeness (QED) is 0.919.